The topological polar surface area (TPSA) is 81.3 Å². The molecule has 78 valence electrons. The van der Waals surface area contributed by atoms with E-state index in [-0.39, 0.29) is 12.2 Å². The van der Waals surface area contributed by atoms with Crippen molar-refractivity contribution in [3.63, 3.8) is 0 Å². The molecule has 0 amide bonds. The summed E-state index contributed by atoms with van der Waals surface area (Å²) in [6, 6.07) is 4.96. The largest absolute Gasteiger partial charge is 0.478 e. The zero-order valence-electron chi connectivity index (χ0n) is 8.32. The fourth-order valence-electron chi connectivity index (χ4n) is 1.57. The molecule has 1 aromatic rings. The van der Waals surface area contributed by atoms with E-state index in [2.05, 4.69) is 0 Å². The van der Waals surface area contributed by atoms with E-state index in [9.17, 15) is 4.79 Å². The monoisotopic (exact) mass is 205 g/mol. The van der Waals surface area contributed by atoms with Gasteiger partial charge in [-0.2, -0.15) is 5.26 Å². The molecule has 4 nitrogen and oxygen atoms in total. The van der Waals surface area contributed by atoms with Crippen LogP contribution in [0.25, 0.3) is 0 Å². The van der Waals surface area contributed by atoms with E-state index in [1.807, 2.05) is 6.07 Å². The smallest absolute Gasteiger partial charge is 0.336 e. The van der Waals surface area contributed by atoms with Crippen molar-refractivity contribution in [3.8, 4) is 6.07 Å². The highest BCUT2D eigenvalue weighted by Crippen LogP contribution is 2.20. The van der Waals surface area contributed by atoms with Crippen LogP contribution >= 0.6 is 0 Å². The Kier molecular flexibility index (Phi) is 3.42. The molecule has 0 atom stereocenters. The number of aliphatic hydroxyl groups excluding tert-OH is 1. The molecule has 0 radical (unpaired) electrons. The van der Waals surface area contributed by atoms with E-state index < -0.39 is 5.97 Å². The van der Waals surface area contributed by atoms with Gasteiger partial charge in [-0.05, 0) is 23.6 Å². The molecule has 2 N–H and O–H groups in total. The molecule has 1 aromatic carbocycles. The molecule has 0 saturated heterocycles. The van der Waals surface area contributed by atoms with Crippen molar-refractivity contribution in [3.05, 3.63) is 34.4 Å². The van der Waals surface area contributed by atoms with Gasteiger partial charge in [0, 0.05) is 0 Å². The van der Waals surface area contributed by atoms with E-state index in [0.717, 1.165) is 0 Å². The van der Waals surface area contributed by atoms with E-state index in [1.54, 1.807) is 6.92 Å². The van der Waals surface area contributed by atoms with Gasteiger partial charge in [0.15, 0.2) is 0 Å². The van der Waals surface area contributed by atoms with Crippen LogP contribution in [0.4, 0.5) is 0 Å². The molecule has 0 saturated carbocycles. The minimum atomic E-state index is -1.10. The maximum Gasteiger partial charge on any atom is 0.336 e. The number of aromatic carboxylic acids is 1. The van der Waals surface area contributed by atoms with Crippen molar-refractivity contribution in [1.82, 2.24) is 0 Å². The lowest BCUT2D eigenvalue weighted by atomic mass is 9.95. The van der Waals surface area contributed by atoms with Crippen molar-refractivity contribution in [2.45, 2.75) is 20.0 Å². The fourth-order valence-corrected chi connectivity index (χ4v) is 1.57. The number of carboxylic acid groups (broad SMARTS) is 1. The predicted molar refractivity (Wildman–Crippen MR) is 53.4 cm³/mol. The maximum absolute atomic E-state index is 11.0. The zero-order valence-corrected chi connectivity index (χ0v) is 8.32. The normalized spacial score (nSPS) is 9.67. The van der Waals surface area contributed by atoms with Gasteiger partial charge in [0.2, 0.25) is 0 Å². The quantitative estimate of drug-likeness (QED) is 0.779. The average molecular weight is 205 g/mol. The summed E-state index contributed by atoms with van der Waals surface area (Å²) < 4.78 is 0. The van der Waals surface area contributed by atoms with Crippen molar-refractivity contribution >= 4 is 5.97 Å². The lowest BCUT2D eigenvalue weighted by Crippen LogP contribution is -2.08. The van der Waals surface area contributed by atoms with Crippen LogP contribution in [0.15, 0.2) is 12.1 Å². The van der Waals surface area contributed by atoms with E-state index in [4.69, 9.17) is 15.5 Å². The summed E-state index contributed by atoms with van der Waals surface area (Å²) in [6.07, 6.45) is 0.457. The lowest BCUT2D eigenvalue weighted by Gasteiger charge is -2.09. The van der Waals surface area contributed by atoms with Gasteiger partial charge < -0.3 is 10.2 Å². The highest BCUT2D eigenvalue weighted by Gasteiger charge is 2.17. The molecule has 4 heteroatoms. The summed E-state index contributed by atoms with van der Waals surface area (Å²) in [4.78, 5) is 11.0. The molecule has 0 fully saturated rings. The number of carboxylic acids is 1. The third-order valence-corrected chi connectivity index (χ3v) is 2.26. The SMILES string of the molecule is CCc1c(C#N)ccc(CO)c1C(=O)O. The van der Waals surface area contributed by atoms with Crippen LogP contribution in [-0.2, 0) is 13.0 Å². The highest BCUT2D eigenvalue weighted by molar-refractivity contribution is 5.92. The Hall–Kier alpha value is -1.86. The highest BCUT2D eigenvalue weighted by atomic mass is 16.4. The maximum atomic E-state index is 11.0. The van der Waals surface area contributed by atoms with Crippen molar-refractivity contribution in [2.24, 2.45) is 0 Å². The second-order valence-electron chi connectivity index (χ2n) is 3.05. The van der Waals surface area contributed by atoms with Crippen molar-refractivity contribution < 1.29 is 15.0 Å². The first-order chi connectivity index (χ1) is 7.15. The number of nitrogens with zero attached hydrogens (tertiary/aromatic N) is 1. The lowest BCUT2D eigenvalue weighted by molar-refractivity contribution is 0.0692. The standard InChI is InChI=1S/C11H11NO3/c1-2-9-7(5-12)3-4-8(6-13)10(9)11(14)15/h3-4,13H,2,6H2,1H3,(H,14,15). The summed E-state index contributed by atoms with van der Waals surface area (Å²) in [7, 11) is 0. The second-order valence-corrected chi connectivity index (χ2v) is 3.05. The molecular formula is C11H11NO3. The molecule has 15 heavy (non-hydrogen) atoms. The number of hydrogen-bond acceptors (Lipinski definition) is 3. The summed E-state index contributed by atoms with van der Waals surface area (Å²) in [6.45, 7) is 1.45. The van der Waals surface area contributed by atoms with Gasteiger partial charge in [-0.3, -0.25) is 0 Å². The summed E-state index contributed by atoms with van der Waals surface area (Å²) in [5, 5.41) is 26.8. The first-order valence-electron chi connectivity index (χ1n) is 4.54. The number of rotatable bonds is 3. The Bertz CT molecular complexity index is 432. The zero-order chi connectivity index (χ0) is 11.4. The molecule has 0 aliphatic heterocycles. The van der Waals surface area contributed by atoms with Crippen LogP contribution in [0.2, 0.25) is 0 Å². The summed E-state index contributed by atoms with van der Waals surface area (Å²) in [5.41, 5.74) is 1.24. The molecule has 0 unspecified atom stereocenters. The Morgan fingerprint density at radius 2 is 2.20 bits per heavy atom. The first kappa shape index (κ1) is 11.2. The molecular weight excluding hydrogens is 194 g/mol. The van der Waals surface area contributed by atoms with Crippen molar-refractivity contribution in [1.29, 1.82) is 5.26 Å². The number of hydrogen-bond donors (Lipinski definition) is 2. The van der Waals surface area contributed by atoms with Gasteiger partial charge in [-0.15, -0.1) is 0 Å². The average Bonchev–Trinajstić information content (AvgIpc) is 2.26. The van der Waals surface area contributed by atoms with Crippen LogP contribution in [0.1, 0.15) is 34.0 Å². The van der Waals surface area contributed by atoms with Crippen LogP contribution in [-0.4, -0.2) is 16.2 Å². The summed E-state index contributed by atoms with van der Waals surface area (Å²) >= 11 is 0. The molecule has 0 heterocycles. The molecule has 0 spiro atoms. The van der Waals surface area contributed by atoms with Gasteiger partial charge in [-0.1, -0.05) is 13.0 Å². The third kappa shape index (κ3) is 1.97. The van der Waals surface area contributed by atoms with E-state index in [1.165, 1.54) is 12.1 Å². The Morgan fingerprint density at radius 3 is 2.60 bits per heavy atom. The van der Waals surface area contributed by atoms with Gasteiger partial charge in [0.1, 0.15) is 0 Å². The molecule has 0 aliphatic carbocycles. The van der Waals surface area contributed by atoms with Gasteiger partial charge >= 0.3 is 5.97 Å². The molecule has 0 aliphatic rings. The first-order valence-corrected chi connectivity index (χ1v) is 4.54. The number of benzene rings is 1. The predicted octanol–water partition coefficient (Wildman–Crippen LogP) is 1.31. The van der Waals surface area contributed by atoms with Crippen LogP contribution in [0, 0.1) is 11.3 Å². The second kappa shape index (κ2) is 4.58. The van der Waals surface area contributed by atoms with Gasteiger partial charge in [-0.25, -0.2) is 4.79 Å². The third-order valence-electron chi connectivity index (χ3n) is 2.26. The summed E-state index contributed by atoms with van der Waals surface area (Å²) in [5.74, 6) is -1.10. The molecule has 0 aromatic heterocycles. The van der Waals surface area contributed by atoms with Crippen LogP contribution in [0.3, 0.4) is 0 Å². The van der Waals surface area contributed by atoms with Gasteiger partial charge in [0.25, 0.3) is 0 Å². The van der Waals surface area contributed by atoms with Gasteiger partial charge in [0.05, 0.1) is 23.8 Å². The number of carbonyl (C=O) groups is 1. The van der Waals surface area contributed by atoms with E-state index >= 15 is 0 Å². The minimum absolute atomic E-state index is 0.0547. The van der Waals surface area contributed by atoms with Crippen LogP contribution < -0.4 is 0 Å². The Morgan fingerprint density at radius 1 is 1.53 bits per heavy atom. The van der Waals surface area contributed by atoms with E-state index in [0.29, 0.717) is 23.1 Å². The number of nitriles is 1. The molecule has 0 bridgehead atoms. The number of aliphatic hydroxyl groups is 1. The Labute approximate surface area is 87.4 Å². The Balaban J connectivity index is 3.53. The van der Waals surface area contributed by atoms with Crippen molar-refractivity contribution in [2.75, 3.05) is 0 Å². The minimum Gasteiger partial charge on any atom is -0.478 e. The fraction of sp³-hybridized carbons (Fsp3) is 0.273. The van der Waals surface area contributed by atoms with Crippen LogP contribution in [0.5, 0.6) is 0 Å². The molecule has 1 rings (SSSR count).